The SMILES string of the molecule is COc1c(C)cc2c(c1OCc1ccccc1)[C@@H](C)CCC2C(C)/C=C/C=C(C)C. The van der Waals surface area contributed by atoms with E-state index in [4.69, 9.17) is 9.47 Å². The van der Waals surface area contributed by atoms with Crippen LogP contribution in [0.1, 0.15) is 74.6 Å². The Morgan fingerprint density at radius 1 is 1.13 bits per heavy atom. The third-order valence-corrected chi connectivity index (χ3v) is 6.20. The zero-order valence-electron chi connectivity index (χ0n) is 19.4. The fourth-order valence-corrected chi connectivity index (χ4v) is 4.58. The Hall–Kier alpha value is -2.48. The largest absolute Gasteiger partial charge is 0.493 e. The highest BCUT2D eigenvalue weighted by molar-refractivity contribution is 5.58. The summed E-state index contributed by atoms with van der Waals surface area (Å²) >= 11 is 0. The van der Waals surface area contributed by atoms with E-state index < -0.39 is 0 Å². The minimum atomic E-state index is 0.463. The molecule has 0 bridgehead atoms. The molecule has 0 saturated heterocycles. The first-order chi connectivity index (χ1) is 14.4. The Kier molecular flexibility index (Phi) is 7.42. The first-order valence-electron chi connectivity index (χ1n) is 11.1. The number of hydrogen-bond acceptors (Lipinski definition) is 2. The molecule has 160 valence electrons. The van der Waals surface area contributed by atoms with Crippen molar-refractivity contribution in [3.8, 4) is 11.5 Å². The van der Waals surface area contributed by atoms with Crippen molar-refractivity contribution in [2.75, 3.05) is 7.11 Å². The van der Waals surface area contributed by atoms with Crippen LogP contribution in [0.15, 0.2) is 60.2 Å². The Bertz CT molecular complexity index is 904. The number of ether oxygens (including phenoxy) is 2. The molecule has 0 aliphatic heterocycles. The highest BCUT2D eigenvalue weighted by Crippen LogP contribution is 2.50. The zero-order chi connectivity index (χ0) is 21.7. The average molecular weight is 405 g/mol. The lowest BCUT2D eigenvalue weighted by atomic mass is 9.71. The van der Waals surface area contributed by atoms with Crippen LogP contribution >= 0.6 is 0 Å². The number of methoxy groups -OCH3 is 1. The lowest BCUT2D eigenvalue weighted by Gasteiger charge is -2.35. The van der Waals surface area contributed by atoms with Crippen LogP contribution in [0.5, 0.6) is 11.5 Å². The highest BCUT2D eigenvalue weighted by Gasteiger charge is 2.32. The number of benzene rings is 2. The lowest BCUT2D eigenvalue weighted by Crippen LogP contribution is -2.19. The van der Waals surface area contributed by atoms with Gasteiger partial charge in [0.15, 0.2) is 11.5 Å². The average Bonchev–Trinajstić information content (AvgIpc) is 2.72. The molecule has 0 heterocycles. The summed E-state index contributed by atoms with van der Waals surface area (Å²) in [6, 6.07) is 12.7. The van der Waals surface area contributed by atoms with Crippen LogP contribution in [0.2, 0.25) is 0 Å². The molecule has 3 atom stereocenters. The maximum atomic E-state index is 6.45. The third-order valence-electron chi connectivity index (χ3n) is 6.20. The molecule has 0 spiro atoms. The summed E-state index contributed by atoms with van der Waals surface area (Å²) in [7, 11) is 1.75. The van der Waals surface area contributed by atoms with Crippen LogP contribution in [0.4, 0.5) is 0 Å². The Morgan fingerprint density at radius 3 is 2.53 bits per heavy atom. The van der Waals surface area contributed by atoms with Gasteiger partial charge in [-0.15, -0.1) is 0 Å². The normalized spacial score (nSPS) is 19.3. The first kappa shape index (κ1) is 22.2. The summed E-state index contributed by atoms with van der Waals surface area (Å²) in [4.78, 5) is 0. The van der Waals surface area contributed by atoms with Crippen LogP contribution in [-0.4, -0.2) is 7.11 Å². The van der Waals surface area contributed by atoms with Crippen molar-refractivity contribution in [1.82, 2.24) is 0 Å². The number of fused-ring (bicyclic) bond motifs is 1. The van der Waals surface area contributed by atoms with E-state index in [0.717, 1.165) is 17.1 Å². The molecule has 2 aromatic rings. The lowest BCUT2D eigenvalue weighted by molar-refractivity contribution is 0.274. The molecule has 2 heteroatoms. The van der Waals surface area contributed by atoms with Crippen molar-refractivity contribution in [3.05, 3.63) is 82.5 Å². The van der Waals surface area contributed by atoms with Gasteiger partial charge in [-0.1, -0.05) is 74.0 Å². The summed E-state index contributed by atoms with van der Waals surface area (Å²) < 4.78 is 12.3. The third kappa shape index (κ3) is 4.98. The second-order valence-corrected chi connectivity index (χ2v) is 8.91. The Morgan fingerprint density at radius 2 is 1.87 bits per heavy atom. The van der Waals surface area contributed by atoms with Crippen molar-refractivity contribution in [2.24, 2.45) is 5.92 Å². The predicted molar refractivity (Wildman–Crippen MR) is 127 cm³/mol. The van der Waals surface area contributed by atoms with Crippen molar-refractivity contribution in [1.29, 1.82) is 0 Å². The van der Waals surface area contributed by atoms with Crippen molar-refractivity contribution >= 4 is 0 Å². The monoisotopic (exact) mass is 404 g/mol. The first-order valence-corrected chi connectivity index (χ1v) is 11.1. The number of allylic oxidation sites excluding steroid dienone is 4. The van der Waals surface area contributed by atoms with E-state index in [2.05, 4.69) is 83.2 Å². The molecule has 0 radical (unpaired) electrons. The van der Waals surface area contributed by atoms with Gasteiger partial charge in [0.1, 0.15) is 6.61 Å². The van der Waals surface area contributed by atoms with Crippen LogP contribution in [-0.2, 0) is 6.61 Å². The van der Waals surface area contributed by atoms with Gasteiger partial charge in [-0.3, -0.25) is 0 Å². The zero-order valence-corrected chi connectivity index (χ0v) is 19.4. The molecule has 1 aliphatic carbocycles. The molecular weight excluding hydrogens is 368 g/mol. The molecule has 0 aromatic heterocycles. The quantitative estimate of drug-likeness (QED) is 0.440. The molecule has 1 aliphatic rings. The van der Waals surface area contributed by atoms with Gasteiger partial charge in [0.25, 0.3) is 0 Å². The summed E-state index contributed by atoms with van der Waals surface area (Å²) in [5.41, 5.74) is 6.43. The molecule has 0 saturated carbocycles. The van der Waals surface area contributed by atoms with Gasteiger partial charge >= 0.3 is 0 Å². The van der Waals surface area contributed by atoms with Crippen LogP contribution in [0.3, 0.4) is 0 Å². The summed E-state index contributed by atoms with van der Waals surface area (Å²) in [6.07, 6.45) is 9.13. The number of rotatable bonds is 7. The summed E-state index contributed by atoms with van der Waals surface area (Å²) in [5, 5.41) is 0. The molecule has 30 heavy (non-hydrogen) atoms. The molecule has 3 rings (SSSR count). The van der Waals surface area contributed by atoms with E-state index in [0.29, 0.717) is 24.4 Å². The fourth-order valence-electron chi connectivity index (χ4n) is 4.58. The van der Waals surface area contributed by atoms with Gasteiger partial charge in [-0.05, 0) is 68.1 Å². The number of aryl methyl sites for hydroxylation is 1. The highest BCUT2D eigenvalue weighted by atomic mass is 16.5. The maximum absolute atomic E-state index is 6.45. The molecule has 2 unspecified atom stereocenters. The topological polar surface area (TPSA) is 18.5 Å². The second-order valence-electron chi connectivity index (χ2n) is 8.91. The minimum Gasteiger partial charge on any atom is -0.493 e. The molecule has 0 N–H and O–H groups in total. The molecule has 2 nitrogen and oxygen atoms in total. The van der Waals surface area contributed by atoms with E-state index in [1.807, 2.05) is 6.07 Å². The fraction of sp³-hybridized carbons (Fsp3) is 0.429. The second kappa shape index (κ2) is 10.0. The summed E-state index contributed by atoms with van der Waals surface area (Å²) in [6.45, 7) is 11.6. The summed E-state index contributed by atoms with van der Waals surface area (Å²) in [5.74, 6) is 3.26. The van der Waals surface area contributed by atoms with Crippen LogP contribution < -0.4 is 9.47 Å². The number of hydrogen-bond donors (Lipinski definition) is 0. The van der Waals surface area contributed by atoms with Crippen molar-refractivity contribution in [3.63, 3.8) is 0 Å². The Balaban J connectivity index is 2.00. The van der Waals surface area contributed by atoms with Gasteiger partial charge in [0.05, 0.1) is 7.11 Å². The van der Waals surface area contributed by atoms with E-state index in [9.17, 15) is 0 Å². The van der Waals surface area contributed by atoms with Crippen molar-refractivity contribution < 1.29 is 9.47 Å². The van der Waals surface area contributed by atoms with E-state index in [-0.39, 0.29) is 0 Å². The van der Waals surface area contributed by atoms with E-state index in [1.165, 1.54) is 35.1 Å². The smallest absolute Gasteiger partial charge is 0.165 e. The Labute approximate surface area is 182 Å². The van der Waals surface area contributed by atoms with Gasteiger partial charge in [-0.2, -0.15) is 0 Å². The van der Waals surface area contributed by atoms with Gasteiger partial charge in [0, 0.05) is 5.56 Å². The molecule has 2 aromatic carbocycles. The van der Waals surface area contributed by atoms with Crippen LogP contribution in [0, 0.1) is 12.8 Å². The predicted octanol–water partition coefficient (Wildman–Crippen LogP) is 7.72. The molecular formula is C28H36O2. The minimum absolute atomic E-state index is 0.463. The van der Waals surface area contributed by atoms with Gasteiger partial charge < -0.3 is 9.47 Å². The standard InChI is InChI=1S/C28H36O2/c1-19(2)11-10-12-20(3)24-16-15-21(4)26-25(24)17-22(5)27(29-6)28(26)30-18-23-13-8-7-9-14-23/h7-14,17,20-21,24H,15-16,18H2,1-6H3/b12-10+/t20?,21-,24?/m0/s1. The molecule has 0 fully saturated rings. The van der Waals surface area contributed by atoms with Gasteiger partial charge in [-0.25, -0.2) is 0 Å². The molecule has 0 amide bonds. The van der Waals surface area contributed by atoms with E-state index in [1.54, 1.807) is 7.11 Å². The van der Waals surface area contributed by atoms with E-state index >= 15 is 0 Å². The van der Waals surface area contributed by atoms with Crippen LogP contribution in [0.25, 0.3) is 0 Å². The maximum Gasteiger partial charge on any atom is 0.165 e. The van der Waals surface area contributed by atoms with Gasteiger partial charge in [0.2, 0.25) is 0 Å². The van der Waals surface area contributed by atoms with Crippen molar-refractivity contribution in [2.45, 2.75) is 65.9 Å².